The van der Waals surface area contributed by atoms with Gasteiger partial charge in [-0.15, -0.1) is 0 Å². The number of fused-ring (bicyclic) bond motifs is 1. The van der Waals surface area contributed by atoms with Crippen molar-refractivity contribution < 1.29 is 8.78 Å². The van der Waals surface area contributed by atoms with Gasteiger partial charge in [-0.1, -0.05) is 0 Å². The minimum Gasteiger partial charge on any atom is -0.369 e. The van der Waals surface area contributed by atoms with E-state index >= 15 is 0 Å². The standard InChI is InChI=1S/C21H19F2N5O/c1-13-21(29)26-19-9-14(8-18(23)20(19)25-13)12-27-4-6-28(7-5-27)16-3-2-15(11-24)17(22)10-16/h2-3,8-10H,4-7,12H2,1H3,(H,26,29). The van der Waals surface area contributed by atoms with Gasteiger partial charge < -0.3 is 9.88 Å². The summed E-state index contributed by atoms with van der Waals surface area (Å²) in [4.78, 5) is 22.7. The molecule has 1 fully saturated rings. The topological polar surface area (TPSA) is 76.0 Å². The first-order valence-electron chi connectivity index (χ1n) is 9.30. The predicted molar refractivity (Wildman–Crippen MR) is 106 cm³/mol. The number of hydrogen-bond donors (Lipinski definition) is 1. The average Bonchev–Trinajstić information content (AvgIpc) is 2.70. The number of aryl methyl sites for hydroxylation is 1. The van der Waals surface area contributed by atoms with Crippen molar-refractivity contribution >= 4 is 16.7 Å². The van der Waals surface area contributed by atoms with Gasteiger partial charge in [0, 0.05) is 38.4 Å². The lowest BCUT2D eigenvalue weighted by Gasteiger charge is -2.36. The van der Waals surface area contributed by atoms with Gasteiger partial charge in [-0.25, -0.2) is 13.8 Å². The molecule has 0 bridgehead atoms. The first-order chi connectivity index (χ1) is 13.9. The highest BCUT2D eigenvalue weighted by atomic mass is 19.1. The monoisotopic (exact) mass is 395 g/mol. The first-order valence-corrected chi connectivity index (χ1v) is 9.30. The van der Waals surface area contributed by atoms with Gasteiger partial charge in [-0.2, -0.15) is 5.26 Å². The number of hydrogen-bond acceptors (Lipinski definition) is 5. The number of nitriles is 1. The number of H-pyrrole nitrogens is 1. The maximum Gasteiger partial charge on any atom is 0.269 e. The zero-order chi connectivity index (χ0) is 20.5. The van der Waals surface area contributed by atoms with Crippen molar-refractivity contribution in [2.24, 2.45) is 0 Å². The molecule has 0 unspecified atom stereocenters. The van der Waals surface area contributed by atoms with Crippen LogP contribution in [0.1, 0.15) is 16.8 Å². The van der Waals surface area contributed by atoms with Crippen LogP contribution in [-0.2, 0) is 6.54 Å². The number of halogens is 2. The van der Waals surface area contributed by atoms with Gasteiger partial charge in [-0.3, -0.25) is 9.69 Å². The summed E-state index contributed by atoms with van der Waals surface area (Å²) < 4.78 is 28.3. The smallest absolute Gasteiger partial charge is 0.269 e. The molecule has 2 heterocycles. The maximum atomic E-state index is 14.4. The molecule has 0 aliphatic carbocycles. The van der Waals surface area contributed by atoms with E-state index in [4.69, 9.17) is 5.26 Å². The van der Waals surface area contributed by atoms with Crippen LogP contribution in [0.25, 0.3) is 11.0 Å². The van der Waals surface area contributed by atoms with Crippen LogP contribution >= 0.6 is 0 Å². The number of aromatic nitrogens is 2. The van der Waals surface area contributed by atoms with Crippen LogP contribution in [-0.4, -0.2) is 41.0 Å². The van der Waals surface area contributed by atoms with E-state index in [2.05, 4.69) is 19.8 Å². The van der Waals surface area contributed by atoms with E-state index in [0.29, 0.717) is 25.2 Å². The summed E-state index contributed by atoms with van der Waals surface area (Å²) in [6, 6.07) is 9.67. The van der Waals surface area contributed by atoms with E-state index in [1.807, 2.05) is 6.07 Å². The zero-order valence-electron chi connectivity index (χ0n) is 15.9. The minimum atomic E-state index is -0.517. The largest absolute Gasteiger partial charge is 0.369 e. The third kappa shape index (κ3) is 3.82. The molecular weight excluding hydrogens is 376 g/mol. The zero-order valence-corrected chi connectivity index (χ0v) is 15.9. The highest BCUT2D eigenvalue weighted by Gasteiger charge is 2.19. The Balaban J connectivity index is 1.46. The van der Waals surface area contributed by atoms with Gasteiger partial charge in [0.1, 0.15) is 23.1 Å². The molecule has 6 nitrogen and oxygen atoms in total. The summed E-state index contributed by atoms with van der Waals surface area (Å²) in [6.45, 7) is 4.93. The number of nitrogens with one attached hydrogen (secondary N) is 1. The second-order valence-electron chi connectivity index (χ2n) is 7.16. The van der Waals surface area contributed by atoms with Crippen LogP contribution in [0.3, 0.4) is 0 Å². The third-order valence-corrected chi connectivity index (χ3v) is 5.20. The normalized spacial score (nSPS) is 14.9. The molecule has 29 heavy (non-hydrogen) atoms. The second kappa shape index (κ2) is 7.60. The highest BCUT2D eigenvalue weighted by Crippen LogP contribution is 2.22. The lowest BCUT2D eigenvalue weighted by Crippen LogP contribution is -2.46. The van der Waals surface area contributed by atoms with Crippen LogP contribution in [0.5, 0.6) is 0 Å². The Morgan fingerprint density at radius 1 is 1.14 bits per heavy atom. The molecule has 0 spiro atoms. The number of aromatic amines is 1. The van der Waals surface area contributed by atoms with Crippen LogP contribution in [0.15, 0.2) is 35.1 Å². The Morgan fingerprint density at radius 2 is 1.90 bits per heavy atom. The van der Waals surface area contributed by atoms with Crippen molar-refractivity contribution in [3.63, 3.8) is 0 Å². The first kappa shape index (κ1) is 19.0. The van der Waals surface area contributed by atoms with Gasteiger partial charge in [0.25, 0.3) is 5.56 Å². The summed E-state index contributed by atoms with van der Waals surface area (Å²) in [6.07, 6.45) is 0. The molecule has 0 radical (unpaired) electrons. The summed E-state index contributed by atoms with van der Waals surface area (Å²) in [5, 5.41) is 8.85. The average molecular weight is 395 g/mol. The van der Waals surface area contributed by atoms with E-state index in [0.717, 1.165) is 24.3 Å². The molecule has 3 aromatic rings. The number of benzene rings is 2. The summed E-state index contributed by atoms with van der Waals surface area (Å²) >= 11 is 0. The molecule has 8 heteroatoms. The third-order valence-electron chi connectivity index (χ3n) is 5.20. The van der Waals surface area contributed by atoms with Crippen LogP contribution in [0, 0.1) is 29.9 Å². The van der Waals surface area contributed by atoms with Crippen LogP contribution in [0.2, 0.25) is 0 Å². The fraction of sp³-hybridized carbons (Fsp3) is 0.286. The molecule has 1 aliphatic heterocycles. The lowest BCUT2D eigenvalue weighted by molar-refractivity contribution is 0.249. The summed E-state index contributed by atoms with van der Waals surface area (Å²) in [5.74, 6) is -0.972. The van der Waals surface area contributed by atoms with Gasteiger partial charge in [0.2, 0.25) is 0 Å². The van der Waals surface area contributed by atoms with Crippen LogP contribution in [0.4, 0.5) is 14.5 Å². The number of anilines is 1. The van der Waals surface area contributed by atoms with Gasteiger partial charge in [-0.05, 0) is 42.8 Å². The van der Waals surface area contributed by atoms with Crippen molar-refractivity contribution in [3.05, 3.63) is 69.1 Å². The van der Waals surface area contributed by atoms with E-state index in [1.54, 1.807) is 19.1 Å². The summed E-state index contributed by atoms with van der Waals surface area (Å²) in [5.41, 5.74) is 2.01. The number of piperazine rings is 1. The minimum absolute atomic E-state index is 0.0356. The molecule has 0 amide bonds. The van der Waals surface area contributed by atoms with Crippen molar-refractivity contribution in [1.82, 2.24) is 14.9 Å². The fourth-order valence-corrected chi connectivity index (χ4v) is 3.60. The molecule has 0 atom stereocenters. The molecule has 1 aliphatic rings. The Hall–Kier alpha value is -3.31. The van der Waals surface area contributed by atoms with Crippen molar-refractivity contribution in [1.29, 1.82) is 5.26 Å². The highest BCUT2D eigenvalue weighted by molar-refractivity contribution is 5.75. The Bertz CT molecular complexity index is 1180. The molecule has 1 saturated heterocycles. The van der Waals surface area contributed by atoms with Gasteiger partial charge >= 0.3 is 0 Å². The van der Waals surface area contributed by atoms with Crippen molar-refractivity contribution in [2.75, 3.05) is 31.1 Å². The maximum absolute atomic E-state index is 14.4. The van der Waals surface area contributed by atoms with E-state index in [1.165, 1.54) is 18.2 Å². The SMILES string of the molecule is Cc1nc2c(F)cc(CN3CCN(c4ccc(C#N)c(F)c4)CC3)cc2[nH]c1=O. The van der Waals surface area contributed by atoms with E-state index in [9.17, 15) is 13.6 Å². The Kier molecular flexibility index (Phi) is 4.99. The molecule has 1 N–H and O–H groups in total. The molecule has 148 valence electrons. The van der Waals surface area contributed by atoms with E-state index < -0.39 is 11.6 Å². The lowest BCUT2D eigenvalue weighted by atomic mass is 10.1. The molecule has 2 aromatic carbocycles. The Morgan fingerprint density at radius 3 is 2.59 bits per heavy atom. The predicted octanol–water partition coefficient (Wildman–Crippen LogP) is 2.70. The van der Waals surface area contributed by atoms with Gasteiger partial charge in [0.15, 0.2) is 5.82 Å². The molecule has 4 rings (SSSR count). The molecule has 0 saturated carbocycles. The van der Waals surface area contributed by atoms with Crippen molar-refractivity contribution in [3.8, 4) is 6.07 Å². The summed E-state index contributed by atoms with van der Waals surface area (Å²) in [7, 11) is 0. The van der Waals surface area contributed by atoms with E-state index in [-0.39, 0.29) is 22.3 Å². The quantitative estimate of drug-likeness (QED) is 0.738. The number of rotatable bonds is 3. The second-order valence-corrected chi connectivity index (χ2v) is 7.16. The van der Waals surface area contributed by atoms with Gasteiger partial charge in [0.05, 0.1) is 11.1 Å². The fourth-order valence-electron chi connectivity index (χ4n) is 3.60. The molecule has 1 aromatic heterocycles. The number of nitrogens with zero attached hydrogens (tertiary/aromatic N) is 4. The van der Waals surface area contributed by atoms with Crippen LogP contribution < -0.4 is 10.5 Å². The molecular formula is C21H19F2N5O. The van der Waals surface area contributed by atoms with Crippen molar-refractivity contribution in [2.45, 2.75) is 13.5 Å². The Labute approximate surface area is 166 Å².